The summed E-state index contributed by atoms with van der Waals surface area (Å²) in [5, 5.41) is 2.86. The van der Waals surface area contributed by atoms with E-state index in [2.05, 4.69) is 20.2 Å². The van der Waals surface area contributed by atoms with E-state index in [0.717, 1.165) is 36.0 Å². The van der Waals surface area contributed by atoms with Crippen molar-refractivity contribution in [3.05, 3.63) is 53.9 Å². The van der Waals surface area contributed by atoms with Gasteiger partial charge in [-0.05, 0) is 49.1 Å². The minimum Gasteiger partial charge on any atom is -0.497 e. The third kappa shape index (κ3) is 5.05. The number of benzene rings is 1. The monoisotopic (exact) mass is 352 g/mol. The van der Waals surface area contributed by atoms with Crippen molar-refractivity contribution in [3.8, 4) is 5.75 Å². The number of aromatic nitrogens is 2. The van der Waals surface area contributed by atoms with E-state index >= 15 is 0 Å². The minimum atomic E-state index is -0.154. The first-order valence-electron chi connectivity index (χ1n) is 8.91. The number of anilines is 1. The molecule has 2 aromatic rings. The fourth-order valence-electron chi connectivity index (χ4n) is 2.85. The summed E-state index contributed by atoms with van der Waals surface area (Å²) >= 11 is 0. The minimum absolute atomic E-state index is 0.154. The second-order valence-electron chi connectivity index (χ2n) is 6.22. The standard InChI is InChI=1S/C20H24N4O2/c1-26-18-8-5-16(6-9-18)7-10-19(25)22-15-17-11-12-21-20(23-17)24-13-3-2-4-14-24/h5-12H,2-4,13-15H2,1H3,(H,22,25)/b10-7+. The van der Waals surface area contributed by atoms with Crippen molar-refractivity contribution in [2.45, 2.75) is 25.8 Å². The molecule has 3 rings (SSSR count). The number of nitrogens with one attached hydrogen (secondary N) is 1. The number of hydrogen-bond donors (Lipinski definition) is 1. The van der Waals surface area contributed by atoms with Gasteiger partial charge in [-0.25, -0.2) is 9.97 Å². The van der Waals surface area contributed by atoms with E-state index in [9.17, 15) is 4.79 Å². The molecular formula is C20H24N4O2. The topological polar surface area (TPSA) is 67.3 Å². The summed E-state index contributed by atoms with van der Waals surface area (Å²) in [5.74, 6) is 1.39. The maximum Gasteiger partial charge on any atom is 0.244 e. The average molecular weight is 352 g/mol. The summed E-state index contributed by atoms with van der Waals surface area (Å²) in [5.41, 5.74) is 1.75. The van der Waals surface area contributed by atoms with Crippen molar-refractivity contribution < 1.29 is 9.53 Å². The molecule has 1 amide bonds. The van der Waals surface area contributed by atoms with E-state index in [4.69, 9.17) is 4.74 Å². The molecule has 1 saturated heterocycles. The lowest BCUT2D eigenvalue weighted by Gasteiger charge is -2.26. The smallest absolute Gasteiger partial charge is 0.244 e. The van der Waals surface area contributed by atoms with Crippen molar-refractivity contribution in [2.75, 3.05) is 25.1 Å². The molecule has 0 spiro atoms. The highest BCUT2D eigenvalue weighted by atomic mass is 16.5. The van der Waals surface area contributed by atoms with Gasteiger partial charge in [0, 0.05) is 25.4 Å². The second kappa shape index (κ2) is 8.99. The lowest BCUT2D eigenvalue weighted by Crippen LogP contribution is -2.31. The molecule has 0 saturated carbocycles. The first kappa shape index (κ1) is 17.9. The molecule has 0 aliphatic carbocycles. The largest absolute Gasteiger partial charge is 0.497 e. The molecule has 26 heavy (non-hydrogen) atoms. The number of carbonyl (C=O) groups excluding carboxylic acids is 1. The molecule has 1 aliphatic rings. The summed E-state index contributed by atoms with van der Waals surface area (Å²) < 4.78 is 5.12. The van der Waals surface area contributed by atoms with Gasteiger partial charge in [0.1, 0.15) is 5.75 Å². The van der Waals surface area contributed by atoms with Crippen LogP contribution in [0.15, 0.2) is 42.6 Å². The summed E-state index contributed by atoms with van der Waals surface area (Å²) in [6.07, 6.45) is 8.68. The lowest BCUT2D eigenvalue weighted by molar-refractivity contribution is -0.116. The van der Waals surface area contributed by atoms with Crippen LogP contribution in [0, 0.1) is 0 Å². The third-order valence-electron chi connectivity index (χ3n) is 4.33. The van der Waals surface area contributed by atoms with Gasteiger partial charge in [0.25, 0.3) is 0 Å². The van der Waals surface area contributed by atoms with Crippen LogP contribution in [-0.4, -0.2) is 36.1 Å². The summed E-state index contributed by atoms with van der Waals surface area (Å²) in [4.78, 5) is 23.2. The number of ether oxygens (including phenoxy) is 1. The predicted octanol–water partition coefficient (Wildman–Crippen LogP) is 2.81. The van der Waals surface area contributed by atoms with Crippen molar-refractivity contribution in [2.24, 2.45) is 0 Å². The normalized spacial score (nSPS) is 14.4. The van der Waals surface area contributed by atoms with Crippen LogP contribution in [0.1, 0.15) is 30.5 Å². The third-order valence-corrected chi connectivity index (χ3v) is 4.33. The molecule has 0 bridgehead atoms. The Bertz CT molecular complexity index is 753. The molecular weight excluding hydrogens is 328 g/mol. The van der Waals surface area contributed by atoms with E-state index in [1.165, 1.54) is 25.3 Å². The Hall–Kier alpha value is -2.89. The fourth-order valence-corrected chi connectivity index (χ4v) is 2.85. The van der Waals surface area contributed by atoms with Crippen LogP contribution in [0.5, 0.6) is 5.75 Å². The van der Waals surface area contributed by atoms with Crippen LogP contribution >= 0.6 is 0 Å². The van der Waals surface area contributed by atoms with Crippen molar-refractivity contribution in [1.29, 1.82) is 0 Å². The van der Waals surface area contributed by atoms with Crippen LogP contribution in [0.4, 0.5) is 5.95 Å². The molecule has 0 atom stereocenters. The summed E-state index contributed by atoms with van der Waals surface area (Å²) in [6, 6.07) is 9.36. The maximum absolute atomic E-state index is 12.0. The molecule has 2 heterocycles. The second-order valence-corrected chi connectivity index (χ2v) is 6.22. The van der Waals surface area contributed by atoms with Gasteiger partial charge in [0.15, 0.2) is 0 Å². The number of carbonyl (C=O) groups is 1. The van der Waals surface area contributed by atoms with Gasteiger partial charge in [-0.1, -0.05) is 12.1 Å². The van der Waals surface area contributed by atoms with Crippen LogP contribution < -0.4 is 15.0 Å². The molecule has 1 N–H and O–H groups in total. The van der Waals surface area contributed by atoms with Crippen molar-refractivity contribution in [3.63, 3.8) is 0 Å². The van der Waals surface area contributed by atoms with Crippen molar-refractivity contribution >= 4 is 17.9 Å². The van der Waals surface area contributed by atoms with E-state index in [-0.39, 0.29) is 5.91 Å². The molecule has 0 unspecified atom stereocenters. The predicted molar refractivity (Wildman–Crippen MR) is 102 cm³/mol. The highest BCUT2D eigenvalue weighted by Gasteiger charge is 2.13. The average Bonchev–Trinajstić information content (AvgIpc) is 2.72. The van der Waals surface area contributed by atoms with E-state index < -0.39 is 0 Å². The first-order chi connectivity index (χ1) is 12.7. The maximum atomic E-state index is 12.0. The molecule has 136 valence electrons. The number of nitrogens with zero attached hydrogens (tertiary/aromatic N) is 3. The van der Waals surface area contributed by atoms with Gasteiger partial charge in [-0.2, -0.15) is 0 Å². The quantitative estimate of drug-likeness (QED) is 0.810. The Morgan fingerprint density at radius 3 is 2.69 bits per heavy atom. The van der Waals surface area contributed by atoms with Gasteiger partial charge in [-0.15, -0.1) is 0 Å². The fraction of sp³-hybridized carbons (Fsp3) is 0.350. The number of methoxy groups -OCH3 is 1. The molecule has 1 aliphatic heterocycles. The molecule has 0 radical (unpaired) electrons. The van der Waals surface area contributed by atoms with E-state index in [0.29, 0.717) is 6.54 Å². The Kier molecular flexibility index (Phi) is 6.19. The van der Waals surface area contributed by atoms with E-state index in [1.54, 1.807) is 19.4 Å². The van der Waals surface area contributed by atoms with Gasteiger partial charge < -0.3 is 15.0 Å². The molecule has 1 aromatic heterocycles. The van der Waals surface area contributed by atoms with Gasteiger partial charge >= 0.3 is 0 Å². The number of rotatable bonds is 6. The van der Waals surface area contributed by atoms with Gasteiger partial charge in [0.05, 0.1) is 19.3 Å². The van der Waals surface area contributed by atoms with Crippen molar-refractivity contribution in [1.82, 2.24) is 15.3 Å². The highest BCUT2D eigenvalue weighted by Crippen LogP contribution is 2.15. The number of hydrogen-bond acceptors (Lipinski definition) is 5. The lowest BCUT2D eigenvalue weighted by atomic mass is 10.1. The van der Waals surface area contributed by atoms with Crippen LogP contribution in [0.25, 0.3) is 6.08 Å². The molecule has 6 nitrogen and oxygen atoms in total. The number of amides is 1. The zero-order valence-electron chi connectivity index (χ0n) is 15.0. The van der Waals surface area contributed by atoms with Crippen LogP contribution in [0.2, 0.25) is 0 Å². The highest BCUT2D eigenvalue weighted by molar-refractivity contribution is 5.91. The SMILES string of the molecule is COc1ccc(/C=C/C(=O)NCc2ccnc(N3CCCCC3)n2)cc1. The van der Waals surface area contributed by atoms with Crippen LogP contribution in [0.3, 0.4) is 0 Å². The molecule has 1 fully saturated rings. The van der Waals surface area contributed by atoms with Gasteiger partial charge in [-0.3, -0.25) is 4.79 Å². The Morgan fingerprint density at radius 1 is 1.19 bits per heavy atom. The Labute approximate surface area is 153 Å². The van der Waals surface area contributed by atoms with Gasteiger partial charge in [0.2, 0.25) is 11.9 Å². The number of piperidine rings is 1. The zero-order valence-corrected chi connectivity index (χ0v) is 15.0. The first-order valence-corrected chi connectivity index (χ1v) is 8.91. The zero-order chi connectivity index (χ0) is 18.2. The summed E-state index contributed by atoms with van der Waals surface area (Å²) in [7, 11) is 1.63. The van der Waals surface area contributed by atoms with E-state index in [1.807, 2.05) is 30.3 Å². The Balaban J connectivity index is 1.52. The molecule has 6 heteroatoms. The molecule has 1 aromatic carbocycles. The van der Waals surface area contributed by atoms with Crippen LogP contribution in [-0.2, 0) is 11.3 Å². The summed E-state index contributed by atoms with van der Waals surface area (Å²) in [6.45, 7) is 2.38. The Morgan fingerprint density at radius 2 is 1.96 bits per heavy atom.